The smallest absolute Gasteiger partial charge is 0.135 e. The number of thiophene rings is 1. The Morgan fingerprint density at radius 1 is 1.40 bits per heavy atom. The average molecular weight is 297 g/mol. The minimum atomic E-state index is -0.583. The van der Waals surface area contributed by atoms with E-state index in [-0.39, 0.29) is 24.3 Å². The fourth-order valence-corrected chi connectivity index (χ4v) is 4.08. The summed E-state index contributed by atoms with van der Waals surface area (Å²) in [7, 11) is 0. The van der Waals surface area contributed by atoms with Crippen LogP contribution >= 0.6 is 11.3 Å². The Kier molecular flexibility index (Phi) is 3.57. The molecule has 0 aromatic carbocycles. The minimum absolute atomic E-state index is 0.0879. The van der Waals surface area contributed by atoms with Gasteiger partial charge in [0.05, 0.1) is 23.1 Å². The highest BCUT2D eigenvalue weighted by Gasteiger charge is 2.45. The van der Waals surface area contributed by atoms with Gasteiger partial charge in [-0.2, -0.15) is 0 Å². The molecule has 2 N–H and O–H groups in total. The lowest BCUT2D eigenvalue weighted by atomic mass is 9.90. The number of rotatable bonds is 2. The number of aliphatic hydroxyl groups excluding tert-OH is 1. The van der Waals surface area contributed by atoms with Crippen molar-refractivity contribution in [2.24, 2.45) is 0 Å². The molecule has 0 spiro atoms. The number of ether oxygens (including phenoxy) is 2. The zero-order chi connectivity index (χ0) is 14.5. The van der Waals surface area contributed by atoms with Crippen LogP contribution in [0.4, 0.5) is 0 Å². The van der Waals surface area contributed by atoms with Gasteiger partial charge in [0, 0.05) is 6.04 Å². The van der Waals surface area contributed by atoms with Crippen LogP contribution in [0.5, 0.6) is 5.75 Å². The van der Waals surface area contributed by atoms with Crippen LogP contribution in [0, 0.1) is 0 Å². The van der Waals surface area contributed by atoms with Gasteiger partial charge in [-0.25, -0.2) is 0 Å². The summed E-state index contributed by atoms with van der Waals surface area (Å²) in [5, 5.41) is 16.3. The van der Waals surface area contributed by atoms with Crippen LogP contribution in [0.25, 0.3) is 0 Å². The van der Waals surface area contributed by atoms with Crippen LogP contribution in [0.15, 0.2) is 11.4 Å². The summed E-state index contributed by atoms with van der Waals surface area (Å²) in [6.07, 6.45) is 0.852. The van der Waals surface area contributed by atoms with E-state index in [0.29, 0.717) is 0 Å². The second-order valence-corrected chi connectivity index (χ2v) is 7.39. The first-order chi connectivity index (χ1) is 9.38. The molecule has 2 aliphatic rings. The minimum Gasteiger partial charge on any atom is -0.484 e. The summed E-state index contributed by atoms with van der Waals surface area (Å²) < 4.78 is 11.7. The number of nitrogens with one attached hydrogen (secondary N) is 1. The van der Waals surface area contributed by atoms with Gasteiger partial charge < -0.3 is 19.9 Å². The van der Waals surface area contributed by atoms with Crippen molar-refractivity contribution in [3.05, 3.63) is 16.3 Å². The largest absolute Gasteiger partial charge is 0.484 e. The standard InChI is InChI=1S/C15H23NO3S/c1-8-7-10(9(2)18-8)16-12-13-11(5-6-20-13)19-15(3,4)14(12)17/h5-6,8-10,12,14,16-17H,7H2,1-4H3/t8?,9?,10?,12-,14+/m0/s1. The Labute approximate surface area is 124 Å². The van der Waals surface area contributed by atoms with E-state index in [0.717, 1.165) is 17.0 Å². The maximum Gasteiger partial charge on any atom is 0.135 e. The van der Waals surface area contributed by atoms with Crippen LogP contribution in [0.3, 0.4) is 0 Å². The van der Waals surface area contributed by atoms with Crippen molar-refractivity contribution in [1.82, 2.24) is 5.32 Å². The molecule has 5 heteroatoms. The lowest BCUT2D eigenvalue weighted by molar-refractivity contribution is -0.0662. The van der Waals surface area contributed by atoms with Crippen LogP contribution in [0.1, 0.15) is 45.0 Å². The summed E-state index contributed by atoms with van der Waals surface area (Å²) in [6.45, 7) is 8.06. The van der Waals surface area contributed by atoms with Crippen molar-refractivity contribution in [1.29, 1.82) is 0 Å². The van der Waals surface area contributed by atoms with E-state index in [2.05, 4.69) is 19.2 Å². The average Bonchev–Trinajstić information content (AvgIpc) is 2.91. The predicted octanol–water partition coefficient (Wildman–Crippen LogP) is 2.48. The maximum absolute atomic E-state index is 10.7. The Balaban J connectivity index is 1.85. The van der Waals surface area contributed by atoms with Crippen molar-refractivity contribution in [2.45, 2.75) is 70.1 Å². The Morgan fingerprint density at radius 2 is 2.15 bits per heavy atom. The predicted molar refractivity (Wildman–Crippen MR) is 79.3 cm³/mol. The molecule has 0 saturated carbocycles. The molecule has 4 nitrogen and oxygen atoms in total. The van der Waals surface area contributed by atoms with Crippen molar-refractivity contribution < 1.29 is 14.6 Å². The lowest BCUT2D eigenvalue weighted by Crippen LogP contribution is -2.54. The van der Waals surface area contributed by atoms with E-state index >= 15 is 0 Å². The third-order valence-corrected chi connectivity index (χ3v) is 5.32. The number of hydrogen-bond acceptors (Lipinski definition) is 5. The van der Waals surface area contributed by atoms with Gasteiger partial charge in [0.2, 0.25) is 0 Å². The maximum atomic E-state index is 10.7. The van der Waals surface area contributed by atoms with Crippen LogP contribution in [0.2, 0.25) is 0 Å². The van der Waals surface area contributed by atoms with Crippen LogP contribution in [-0.2, 0) is 4.74 Å². The number of aliphatic hydroxyl groups is 1. The van der Waals surface area contributed by atoms with Gasteiger partial charge in [-0.3, -0.25) is 0 Å². The van der Waals surface area contributed by atoms with Crippen LogP contribution in [-0.4, -0.2) is 35.1 Å². The molecule has 2 aliphatic heterocycles. The zero-order valence-electron chi connectivity index (χ0n) is 12.4. The molecule has 20 heavy (non-hydrogen) atoms. The molecule has 3 heterocycles. The Hall–Kier alpha value is -0.620. The highest BCUT2D eigenvalue weighted by molar-refractivity contribution is 7.10. The third kappa shape index (κ3) is 2.37. The second-order valence-electron chi connectivity index (χ2n) is 6.44. The summed E-state index contributed by atoms with van der Waals surface area (Å²) in [5.74, 6) is 0.891. The molecule has 3 rings (SSSR count). The van der Waals surface area contributed by atoms with Crippen molar-refractivity contribution in [2.75, 3.05) is 0 Å². The van der Waals surface area contributed by atoms with E-state index in [4.69, 9.17) is 9.47 Å². The van der Waals surface area contributed by atoms with Gasteiger partial charge in [0.15, 0.2) is 0 Å². The van der Waals surface area contributed by atoms with Gasteiger partial charge in [-0.05, 0) is 45.6 Å². The fraction of sp³-hybridized carbons (Fsp3) is 0.733. The molecule has 0 radical (unpaired) electrons. The highest BCUT2D eigenvalue weighted by Crippen LogP contribution is 2.43. The molecule has 0 aliphatic carbocycles. The van der Waals surface area contributed by atoms with Crippen molar-refractivity contribution >= 4 is 11.3 Å². The van der Waals surface area contributed by atoms with E-state index in [1.54, 1.807) is 11.3 Å². The molecule has 1 fully saturated rings. The van der Waals surface area contributed by atoms with Gasteiger partial charge >= 0.3 is 0 Å². The molecule has 1 aromatic heterocycles. The summed E-state index contributed by atoms with van der Waals surface area (Å²) >= 11 is 1.64. The molecule has 0 amide bonds. The molecule has 112 valence electrons. The number of fused-ring (bicyclic) bond motifs is 1. The van der Waals surface area contributed by atoms with E-state index in [9.17, 15) is 5.11 Å². The van der Waals surface area contributed by atoms with Gasteiger partial charge in [0.1, 0.15) is 17.5 Å². The van der Waals surface area contributed by atoms with E-state index < -0.39 is 11.7 Å². The molecule has 3 unspecified atom stereocenters. The Morgan fingerprint density at radius 3 is 2.80 bits per heavy atom. The van der Waals surface area contributed by atoms with Gasteiger partial charge in [-0.1, -0.05) is 0 Å². The van der Waals surface area contributed by atoms with Crippen LogP contribution < -0.4 is 10.1 Å². The molecule has 0 bridgehead atoms. The van der Waals surface area contributed by atoms with E-state index in [1.165, 1.54) is 0 Å². The lowest BCUT2D eigenvalue weighted by Gasteiger charge is -2.42. The number of hydrogen-bond donors (Lipinski definition) is 2. The first-order valence-electron chi connectivity index (χ1n) is 7.24. The monoisotopic (exact) mass is 297 g/mol. The third-order valence-electron chi connectivity index (χ3n) is 4.33. The first kappa shape index (κ1) is 14.3. The SMILES string of the molecule is CC1CC(N[C@H]2c3sccc3OC(C)(C)[C@@H]2O)C(C)O1. The molecular weight excluding hydrogens is 274 g/mol. The molecule has 5 atom stereocenters. The quantitative estimate of drug-likeness (QED) is 0.880. The zero-order valence-corrected chi connectivity index (χ0v) is 13.2. The van der Waals surface area contributed by atoms with Gasteiger partial charge in [0.25, 0.3) is 0 Å². The van der Waals surface area contributed by atoms with Crippen molar-refractivity contribution in [3.63, 3.8) is 0 Å². The summed E-state index contributed by atoms with van der Waals surface area (Å²) in [5.41, 5.74) is -0.583. The highest BCUT2D eigenvalue weighted by atomic mass is 32.1. The van der Waals surface area contributed by atoms with Gasteiger partial charge in [-0.15, -0.1) is 11.3 Å². The van der Waals surface area contributed by atoms with Crippen molar-refractivity contribution in [3.8, 4) is 5.75 Å². The second kappa shape index (κ2) is 4.98. The molecule has 1 aromatic rings. The Bertz CT molecular complexity index is 487. The molecule has 1 saturated heterocycles. The molecular formula is C15H23NO3S. The topological polar surface area (TPSA) is 50.7 Å². The van der Waals surface area contributed by atoms with E-state index in [1.807, 2.05) is 25.3 Å². The normalized spacial score (nSPS) is 39.4. The first-order valence-corrected chi connectivity index (χ1v) is 8.12. The summed E-state index contributed by atoms with van der Waals surface area (Å²) in [6, 6.07) is 2.17. The summed E-state index contributed by atoms with van der Waals surface area (Å²) in [4.78, 5) is 1.09. The fourth-order valence-electron chi connectivity index (χ4n) is 3.18.